The lowest BCUT2D eigenvalue weighted by Gasteiger charge is -2.32. The number of benzene rings is 1. The Labute approximate surface area is 186 Å². The van der Waals surface area contributed by atoms with Crippen LogP contribution in [0, 0.1) is 11.3 Å². The van der Waals surface area contributed by atoms with Crippen LogP contribution in [-0.2, 0) is 21.2 Å². The van der Waals surface area contributed by atoms with Crippen LogP contribution in [0.3, 0.4) is 0 Å². The van der Waals surface area contributed by atoms with E-state index >= 15 is 0 Å². The molecule has 7 nitrogen and oxygen atoms in total. The summed E-state index contributed by atoms with van der Waals surface area (Å²) in [6, 6.07) is 7.12. The van der Waals surface area contributed by atoms with Gasteiger partial charge in [-0.15, -0.1) is 0 Å². The van der Waals surface area contributed by atoms with Crippen molar-refractivity contribution in [1.82, 2.24) is 14.5 Å². The van der Waals surface area contributed by atoms with Crippen molar-refractivity contribution in [2.75, 3.05) is 19.6 Å². The van der Waals surface area contributed by atoms with Crippen LogP contribution in [-0.4, -0.2) is 55.2 Å². The summed E-state index contributed by atoms with van der Waals surface area (Å²) in [6.07, 6.45) is 7.94. The molecule has 1 saturated heterocycles. The highest BCUT2D eigenvalue weighted by molar-refractivity contribution is 7.89. The lowest BCUT2D eigenvalue weighted by atomic mass is 9.94. The van der Waals surface area contributed by atoms with E-state index in [0.717, 1.165) is 44.1 Å². The van der Waals surface area contributed by atoms with Gasteiger partial charge in [0.2, 0.25) is 11.9 Å². The molecule has 1 heterocycles. The highest BCUT2D eigenvalue weighted by atomic mass is 32.2. The van der Waals surface area contributed by atoms with E-state index in [1.165, 1.54) is 10.7 Å². The van der Waals surface area contributed by atoms with Crippen molar-refractivity contribution in [2.24, 2.45) is 5.92 Å². The van der Waals surface area contributed by atoms with Crippen LogP contribution in [0.5, 0.6) is 0 Å². The topological polar surface area (TPSA) is 93.6 Å². The third kappa shape index (κ3) is 5.40. The highest BCUT2D eigenvalue weighted by Gasteiger charge is 2.38. The average Bonchev–Trinajstić information content (AvgIpc) is 3.18. The first kappa shape index (κ1) is 23.6. The van der Waals surface area contributed by atoms with Crippen molar-refractivity contribution in [1.29, 1.82) is 5.41 Å². The Morgan fingerprint density at radius 1 is 1.10 bits per heavy atom. The van der Waals surface area contributed by atoms with Crippen LogP contribution in [0.1, 0.15) is 64.4 Å². The third-order valence-corrected chi connectivity index (χ3v) is 8.45. The standard InChI is InChI=1S/C23H36N4O3S/c1-3-19(4-2)22(28)25-15-14-18-10-12-21(13-11-18)31(29,30)27-17-16-26(23(27)24)20-8-6-5-7-9-20/h10-13,19-20,24H,3-9,14-17H2,1-2H3,(H,25,28). The van der Waals surface area contributed by atoms with E-state index in [2.05, 4.69) is 5.32 Å². The van der Waals surface area contributed by atoms with Gasteiger partial charge in [-0.25, -0.2) is 12.7 Å². The minimum absolute atomic E-state index is 0.0523. The Morgan fingerprint density at radius 2 is 1.74 bits per heavy atom. The zero-order valence-electron chi connectivity index (χ0n) is 18.8. The van der Waals surface area contributed by atoms with Crippen LogP contribution in [0.2, 0.25) is 0 Å². The fourth-order valence-electron chi connectivity index (χ4n) is 4.63. The van der Waals surface area contributed by atoms with Gasteiger partial charge in [0, 0.05) is 25.0 Å². The van der Waals surface area contributed by atoms with E-state index in [9.17, 15) is 13.2 Å². The van der Waals surface area contributed by atoms with Crippen molar-refractivity contribution >= 4 is 21.9 Å². The summed E-state index contributed by atoms with van der Waals surface area (Å²) in [5.41, 5.74) is 0.976. The van der Waals surface area contributed by atoms with Gasteiger partial charge in [0.05, 0.1) is 11.4 Å². The number of rotatable bonds is 9. The number of carbonyl (C=O) groups is 1. The molecule has 1 aliphatic heterocycles. The van der Waals surface area contributed by atoms with Crippen molar-refractivity contribution in [3.05, 3.63) is 29.8 Å². The first-order valence-corrected chi connectivity index (χ1v) is 13.1. The number of carbonyl (C=O) groups excluding carboxylic acids is 1. The van der Waals surface area contributed by atoms with Gasteiger partial charge in [-0.2, -0.15) is 0 Å². The van der Waals surface area contributed by atoms with Crippen molar-refractivity contribution in [2.45, 2.75) is 76.2 Å². The molecule has 2 aliphatic rings. The van der Waals surface area contributed by atoms with E-state index < -0.39 is 10.0 Å². The number of hydrogen-bond acceptors (Lipinski definition) is 4. The highest BCUT2D eigenvalue weighted by Crippen LogP contribution is 2.28. The molecule has 1 aliphatic carbocycles. The van der Waals surface area contributed by atoms with Gasteiger partial charge >= 0.3 is 0 Å². The molecule has 1 aromatic rings. The predicted molar refractivity (Wildman–Crippen MR) is 122 cm³/mol. The summed E-state index contributed by atoms with van der Waals surface area (Å²) in [5, 5.41) is 11.4. The monoisotopic (exact) mass is 448 g/mol. The summed E-state index contributed by atoms with van der Waals surface area (Å²) in [7, 11) is -3.73. The molecular formula is C23H36N4O3S. The number of amides is 1. The summed E-state index contributed by atoms with van der Waals surface area (Å²) < 4.78 is 27.5. The number of guanidine groups is 1. The van der Waals surface area contributed by atoms with Crippen LogP contribution in [0.15, 0.2) is 29.2 Å². The van der Waals surface area contributed by atoms with Gasteiger partial charge in [0.25, 0.3) is 10.0 Å². The van der Waals surface area contributed by atoms with Gasteiger partial charge in [0.1, 0.15) is 0 Å². The van der Waals surface area contributed by atoms with Gasteiger partial charge in [0.15, 0.2) is 0 Å². The van der Waals surface area contributed by atoms with E-state index in [4.69, 9.17) is 5.41 Å². The number of hydrogen-bond donors (Lipinski definition) is 2. The molecule has 2 fully saturated rings. The summed E-state index contributed by atoms with van der Waals surface area (Å²) >= 11 is 0. The molecular weight excluding hydrogens is 412 g/mol. The quantitative estimate of drug-likeness (QED) is 0.606. The maximum atomic E-state index is 13.1. The molecule has 1 aromatic carbocycles. The van der Waals surface area contributed by atoms with Crippen LogP contribution in [0.4, 0.5) is 0 Å². The zero-order valence-corrected chi connectivity index (χ0v) is 19.6. The Morgan fingerprint density at radius 3 is 2.35 bits per heavy atom. The third-order valence-electron chi connectivity index (χ3n) is 6.65. The molecule has 31 heavy (non-hydrogen) atoms. The molecule has 0 aromatic heterocycles. The first-order chi connectivity index (χ1) is 14.9. The Kier molecular flexibility index (Phi) is 7.97. The second-order valence-corrected chi connectivity index (χ2v) is 10.4. The molecule has 8 heteroatoms. The Hall–Kier alpha value is -2.09. The fourth-order valence-corrected chi connectivity index (χ4v) is 6.01. The largest absolute Gasteiger partial charge is 0.356 e. The Balaban J connectivity index is 1.58. The van der Waals surface area contributed by atoms with E-state index in [1.54, 1.807) is 24.3 Å². The van der Waals surface area contributed by atoms with Crippen LogP contribution < -0.4 is 5.32 Å². The lowest BCUT2D eigenvalue weighted by Crippen LogP contribution is -2.42. The van der Waals surface area contributed by atoms with Gasteiger partial charge < -0.3 is 10.2 Å². The summed E-state index contributed by atoms with van der Waals surface area (Å²) in [4.78, 5) is 14.3. The summed E-state index contributed by atoms with van der Waals surface area (Å²) in [5.74, 6) is 0.246. The maximum absolute atomic E-state index is 13.1. The zero-order chi connectivity index (χ0) is 22.4. The molecule has 1 amide bonds. The van der Waals surface area contributed by atoms with Crippen LogP contribution >= 0.6 is 0 Å². The van der Waals surface area contributed by atoms with Crippen molar-refractivity contribution < 1.29 is 13.2 Å². The molecule has 3 rings (SSSR count). The second kappa shape index (κ2) is 10.5. The smallest absolute Gasteiger partial charge is 0.266 e. The summed E-state index contributed by atoms with van der Waals surface area (Å²) in [6.45, 7) is 5.50. The first-order valence-electron chi connectivity index (χ1n) is 11.6. The second-order valence-electron chi connectivity index (χ2n) is 8.58. The molecule has 0 unspecified atom stereocenters. The lowest BCUT2D eigenvalue weighted by molar-refractivity contribution is -0.125. The fraction of sp³-hybridized carbons (Fsp3) is 0.652. The minimum Gasteiger partial charge on any atom is -0.356 e. The van der Waals surface area contributed by atoms with Crippen LogP contribution in [0.25, 0.3) is 0 Å². The normalized spacial score (nSPS) is 18.1. The molecule has 0 radical (unpaired) electrons. The molecule has 172 valence electrons. The molecule has 1 saturated carbocycles. The van der Waals surface area contributed by atoms with Gasteiger partial charge in [-0.05, 0) is 49.8 Å². The molecule has 0 atom stereocenters. The SMILES string of the molecule is CCC(CC)C(=O)NCCc1ccc(S(=O)(=O)N2CCN(C3CCCCC3)C2=N)cc1. The maximum Gasteiger partial charge on any atom is 0.266 e. The molecule has 0 spiro atoms. The number of nitrogens with zero attached hydrogens (tertiary/aromatic N) is 2. The van der Waals surface area contributed by atoms with E-state index in [-0.39, 0.29) is 22.7 Å². The predicted octanol–water partition coefficient (Wildman–Crippen LogP) is 3.36. The Bertz CT molecular complexity index is 859. The van der Waals surface area contributed by atoms with E-state index in [1.807, 2.05) is 18.7 Å². The minimum atomic E-state index is -3.73. The molecule has 2 N–H and O–H groups in total. The van der Waals surface area contributed by atoms with E-state index in [0.29, 0.717) is 32.1 Å². The number of nitrogens with one attached hydrogen (secondary N) is 2. The average molecular weight is 449 g/mol. The molecule has 0 bridgehead atoms. The van der Waals surface area contributed by atoms with Crippen molar-refractivity contribution in [3.63, 3.8) is 0 Å². The van der Waals surface area contributed by atoms with Gasteiger partial charge in [-0.3, -0.25) is 10.2 Å². The van der Waals surface area contributed by atoms with Crippen molar-refractivity contribution in [3.8, 4) is 0 Å². The van der Waals surface area contributed by atoms with Gasteiger partial charge in [-0.1, -0.05) is 45.2 Å². The number of sulfonamides is 1.